The lowest BCUT2D eigenvalue weighted by Crippen LogP contribution is -2.53. The van der Waals surface area contributed by atoms with E-state index in [2.05, 4.69) is 70.1 Å². The summed E-state index contributed by atoms with van der Waals surface area (Å²) in [5, 5.41) is 8.48. The minimum Gasteiger partial charge on any atom is -0.493 e. The van der Waals surface area contributed by atoms with Crippen LogP contribution >= 0.6 is 0 Å². The van der Waals surface area contributed by atoms with Gasteiger partial charge in [0.2, 0.25) is 29.5 Å². The molecule has 4 aliphatic heterocycles. The second-order valence-corrected chi connectivity index (χ2v) is 25.8. The van der Waals surface area contributed by atoms with Gasteiger partial charge in [-0.15, -0.1) is 0 Å². The van der Waals surface area contributed by atoms with Crippen molar-refractivity contribution in [1.82, 2.24) is 25.3 Å². The van der Waals surface area contributed by atoms with Gasteiger partial charge in [0, 0.05) is 106 Å². The van der Waals surface area contributed by atoms with Gasteiger partial charge < -0.3 is 49.6 Å². The third-order valence-corrected chi connectivity index (χ3v) is 18.6. The molecule has 4 aromatic carbocycles. The van der Waals surface area contributed by atoms with Gasteiger partial charge >= 0.3 is 0 Å². The van der Waals surface area contributed by atoms with Crippen molar-refractivity contribution in [2.45, 2.75) is 168 Å². The highest BCUT2D eigenvalue weighted by atomic mass is 16.5. The van der Waals surface area contributed by atoms with Crippen LogP contribution in [0.5, 0.6) is 23.0 Å². The highest BCUT2D eigenvalue weighted by Crippen LogP contribution is 2.42. The van der Waals surface area contributed by atoms with Crippen LogP contribution in [0.15, 0.2) is 95.2 Å². The molecule has 6 amide bonds. The number of hydrogen-bond acceptors (Lipinski definition) is 15. The summed E-state index contributed by atoms with van der Waals surface area (Å²) in [6.45, 7) is 12.6. The number of nitrogens with zero attached hydrogens (tertiary/aromatic N) is 6. The fourth-order valence-electron chi connectivity index (χ4n) is 13.2. The predicted molar refractivity (Wildman–Crippen MR) is 368 cm³/mol. The predicted octanol–water partition coefficient (Wildman–Crippen LogP) is 12.3. The number of carbonyl (C=O) groups is 7. The van der Waals surface area contributed by atoms with Gasteiger partial charge in [0.15, 0.2) is 29.3 Å². The molecule has 94 heavy (non-hydrogen) atoms. The number of nitrogens with one attached hydrogen (secondary N) is 3. The van der Waals surface area contributed by atoms with E-state index in [1.807, 2.05) is 45.4 Å². The van der Waals surface area contributed by atoms with E-state index in [1.54, 1.807) is 54.4 Å². The number of imide groups is 1. The molecule has 20 heteroatoms. The fourth-order valence-corrected chi connectivity index (χ4v) is 13.2. The zero-order chi connectivity index (χ0) is 66.8. The van der Waals surface area contributed by atoms with Gasteiger partial charge in [0.25, 0.3) is 5.91 Å². The van der Waals surface area contributed by atoms with E-state index < -0.39 is 23.9 Å². The van der Waals surface area contributed by atoms with Crippen LogP contribution in [0.25, 0.3) is 11.1 Å². The molecular formula is C74H95N9O11. The van der Waals surface area contributed by atoms with E-state index in [-0.39, 0.29) is 73.1 Å². The molecule has 1 saturated heterocycles. The first-order chi connectivity index (χ1) is 45.5. The largest absolute Gasteiger partial charge is 0.493 e. The molecule has 0 spiro atoms. The molecule has 4 aromatic rings. The first kappa shape index (κ1) is 69.5. The minimum atomic E-state index is -0.925. The van der Waals surface area contributed by atoms with Crippen molar-refractivity contribution in [3.8, 4) is 23.0 Å². The maximum Gasteiger partial charge on any atom is 0.260 e. The molecule has 5 atom stereocenters. The van der Waals surface area contributed by atoms with Gasteiger partial charge in [0.1, 0.15) is 12.1 Å². The summed E-state index contributed by atoms with van der Waals surface area (Å²) in [5.74, 6) is -0.124. The summed E-state index contributed by atoms with van der Waals surface area (Å²) in [5.41, 5.74) is 7.52. The van der Waals surface area contributed by atoms with Crippen LogP contribution in [0.2, 0.25) is 0 Å². The van der Waals surface area contributed by atoms with E-state index in [4.69, 9.17) is 28.9 Å². The Bertz CT molecular complexity index is 3460. The van der Waals surface area contributed by atoms with Gasteiger partial charge in [-0.3, -0.25) is 48.4 Å². The lowest BCUT2D eigenvalue weighted by atomic mass is 9.81. The Balaban J connectivity index is 0.713. The Morgan fingerprint density at radius 3 is 2.04 bits per heavy atom. The van der Waals surface area contributed by atoms with E-state index in [9.17, 15) is 33.6 Å². The molecule has 502 valence electrons. The molecule has 5 aliphatic rings. The van der Waals surface area contributed by atoms with Gasteiger partial charge in [-0.25, -0.2) is 0 Å². The summed E-state index contributed by atoms with van der Waals surface area (Å²) in [6, 6.07) is 20.6. The molecule has 1 saturated carbocycles. The van der Waals surface area contributed by atoms with Crippen LogP contribution in [0.3, 0.4) is 0 Å². The molecule has 0 aromatic heterocycles. The monoisotopic (exact) mass is 1290 g/mol. The van der Waals surface area contributed by atoms with Crippen LogP contribution in [0, 0.1) is 17.8 Å². The molecular weight excluding hydrogens is 1190 g/mol. The summed E-state index contributed by atoms with van der Waals surface area (Å²) in [7, 11) is 5.07. The number of methoxy groups -OCH3 is 2. The number of aldehydes is 1. The Morgan fingerprint density at radius 2 is 1.38 bits per heavy atom. The third kappa shape index (κ3) is 17.5. The quantitative estimate of drug-likeness (QED) is 0.0184. The first-order valence-electron chi connectivity index (χ1n) is 33.9. The third-order valence-electron chi connectivity index (χ3n) is 18.6. The summed E-state index contributed by atoms with van der Waals surface area (Å²) >= 11 is 0. The number of rotatable bonds is 31. The van der Waals surface area contributed by atoms with E-state index >= 15 is 0 Å². The minimum absolute atomic E-state index is 0.0109. The summed E-state index contributed by atoms with van der Waals surface area (Å²) in [6.07, 6.45) is 22.5. The van der Waals surface area contributed by atoms with E-state index in [0.29, 0.717) is 96.3 Å². The van der Waals surface area contributed by atoms with Crippen LogP contribution in [0.4, 0.5) is 22.7 Å². The SMILES string of the molecule is CCCN(CCC)c1ccc(C2=CN(C)C(/C=N\c3cc(OCCCOc4cc5c(cc4OC)C(=O)N4C=C(c6ccc(NC(=O)C(C)NC(=O)C(NC(=O)CCCCCN7C(=O)CC(C8CCCCCCC8)C7=O)C(C)C)cc6)CC4C=N5)c(OC)cc3C=O)C2)cc1. The number of aliphatic imine (C=N–C) groups is 2. The zero-order valence-corrected chi connectivity index (χ0v) is 56.1. The standard InChI is InChI=1S/C74H95N9O11/c1-9-31-81(32-10-2)57-29-25-51(26-30-57)53-36-58(80(6)45-53)43-75-62-41-66(64(91-7)38-55(62)47-84)93-34-19-35-94-67-42-63-61(39-65(67)92-8)74(90)83-46-54(37-59(83)44-76-63)50-23-27-56(28-24-50)78-71(87)49(5)77-72(88)70(48(3)4)79-68(85)22-17-14-18-33-82-69(86)40-60(73(82)89)52-20-15-12-11-13-16-21-52/h23-30,38-39,41-49,52,58-60,70H,9-22,31-37,40H2,1-8H3,(H,77,88)(H,78,87)(H,79,85)/b75-43-. The van der Waals surface area contributed by atoms with Crippen molar-refractivity contribution in [1.29, 1.82) is 0 Å². The molecule has 2 fully saturated rings. The highest BCUT2D eigenvalue weighted by Gasteiger charge is 2.42. The molecule has 4 heterocycles. The molecule has 0 bridgehead atoms. The van der Waals surface area contributed by atoms with Gasteiger partial charge in [-0.2, -0.15) is 0 Å². The molecule has 20 nitrogen and oxygen atoms in total. The fraction of sp³-hybridized carbons (Fsp3) is 0.500. The average molecular weight is 1290 g/mol. The molecule has 5 unspecified atom stereocenters. The van der Waals surface area contributed by atoms with Gasteiger partial charge in [-0.1, -0.05) is 90.5 Å². The Kier molecular flexibility index (Phi) is 24.7. The highest BCUT2D eigenvalue weighted by molar-refractivity contribution is 6.06. The van der Waals surface area contributed by atoms with Crippen LogP contribution in [-0.4, -0.2) is 147 Å². The molecule has 1 aliphatic carbocycles. The molecule has 3 N–H and O–H groups in total. The van der Waals surface area contributed by atoms with Gasteiger partial charge in [0.05, 0.1) is 62.4 Å². The van der Waals surface area contributed by atoms with Crippen LogP contribution in [-0.2, 0) is 24.0 Å². The van der Waals surface area contributed by atoms with Crippen molar-refractivity contribution in [3.05, 3.63) is 107 Å². The van der Waals surface area contributed by atoms with Crippen molar-refractivity contribution in [2.75, 3.05) is 64.3 Å². The number of ether oxygens (including phenoxy) is 4. The van der Waals surface area contributed by atoms with Crippen LogP contribution in [0.1, 0.15) is 176 Å². The second-order valence-electron chi connectivity index (χ2n) is 25.8. The number of unbranched alkanes of at least 4 members (excludes halogenated alkanes) is 2. The smallest absolute Gasteiger partial charge is 0.260 e. The summed E-state index contributed by atoms with van der Waals surface area (Å²) in [4.78, 5) is 110. The number of hydrogen-bond donors (Lipinski definition) is 3. The van der Waals surface area contributed by atoms with E-state index in [0.717, 1.165) is 75.5 Å². The van der Waals surface area contributed by atoms with E-state index in [1.165, 1.54) is 55.2 Å². The van der Waals surface area contributed by atoms with Crippen molar-refractivity contribution in [2.24, 2.45) is 27.7 Å². The Hall–Kier alpha value is -8.81. The number of likely N-dealkylation sites (tertiary alicyclic amines) is 1. The lowest BCUT2D eigenvalue weighted by Gasteiger charge is -2.24. The number of carbonyl (C=O) groups excluding carboxylic acids is 7. The number of amides is 6. The van der Waals surface area contributed by atoms with Gasteiger partial charge in [-0.05, 0) is 122 Å². The maximum atomic E-state index is 14.2. The van der Waals surface area contributed by atoms with Crippen molar-refractivity contribution in [3.63, 3.8) is 0 Å². The second kappa shape index (κ2) is 33.3. The number of benzene rings is 4. The normalized spacial score (nSPS) is 18.8. The average Bonchev–Trinajstić information content (AvgIpc) is 1.61. The van der Waals surface area contributed by atoms with Crippen molar-refractivity contribution >= 4 is 88.1 Å². The maximum absolute atomic E-state index is 14.2. The molecule has 0 radical (unpaired) electrons. The first-order valence-corrected chi connectivity index (χ1v) is 33.9. The lowest BCUT2D eigenvalue weighted by molar-refractivity contribution is -0.140. The zero-order valence-electron chi connectivity index (χ0n) is 56.1. The van der Waals surface area contributed by atoms with Crippen molar-refractivity contribution < 1.29 is 52.5 Å². The Labute approximate surface area is 554 Å². The van der Waals surface area contributed by atoms with Crippen LogP contribution < -0.4 is 39.8 Å². The topological polar surface area (TPSA) is 230 Å². The number of fused-ring (bicyclic) bond motifs is 2. The Morgan fingerprint density at radius 1 is 0.734 bits per heavy atom. The number of anilines is 2. The summed E-state index contributed by atoms with van der Waals surface area (Å²) < 4.78 is 23.8. The molecule has 9 rings (SSSR count).